The van der Waals surface area contributed by atoms with Crippen LogP contribution in [0.15, 0.2) is 4.99 Å². The fourth-order valence-corrected chi connectivity index (χ4v) is 3.50. The molecule has 2 rings (SSSR count). The van der Waals surface area contributed by atoms with Crippen LogP contribution in [-0.4, -0.2) is 75.0 Å². The van der Waals surface area contributed by atoms with Gasteiger partial charge in [0.2, 0.25) is 0 Å². The first-order valence-corrected chi connectivity index (χ1v) is 9.41. The number of aliphatic imine (C=N–C) groups is 1. The maximum absolute atomic E-state index is 5.80. The van der Waals surface area contributed by atoms with E-state index in [0.717, 1.165) is 51.6 Å². The molecule has 0 aromatic rings. The van der Waals surface area contributed by atoms with Gasteiger partial charge in [-0.05, 0) is 26.7 Å². The molecule has 0 radical (unpaired) electrons. The Kier molecular flexibility index (Phi) is 9.98. The molecule has 148 valence electrons. The second-order valence-corrected chi connectivity index (χ2v) is 7.47. The average molecular weight is 468 g/mol. The number of hydrogen-bond donors (Lipinski definition) is 2. The van der Waals surface area contributed by atoms with Gasteiger partial charge in [0, 0.05) is 64.9 Å². The number of nitrogens with zero attached hydrogens (tertiary/aromatic N) is 2. The molecule has 2 saturated heterocycles. The van der Waals surface area contributed by atoms with Gasteiger partial charge in [0.1, 0.15) is 0 Å². The van der Waals surface area contributed by atoms with E-state index >= 15 is 0 Å². The first-order valence-electron chi connectivity index (χ1n) is 9.41. The molecule has 2 unspecified atom stereocenters. The molecule has 0 aliphatic carbocycles. The van der Waals surface area contributed by atoms with Crippen LogP contribution in [0, 0.1) is 5.92 Å². The fourth-order valence-electron chi connectivity index (χ4n) is 3.50. The zero-order valence-electron chi connectivity index (χ0n) is 16.5. The molecule has 0 amide bonds. The summed E-state index contributed by atoms with van der Waals surface area (Å²) in [5.74, 6) is 1.53. The lowest BCUT2D eigenvalue weighted by Gasteiger charge is -2.34. The lowest BCUT2D eigenvalue weighted by atomic mass is 9.94. The molecule has 2 atom stereocenters. The maximum Gasteiger partial charge on any atom is 0.191 e. The van der Waals surface area contributed by atoms with Gasteiger partial charge >= 0.3 is 0 Å². The topological polar surface area (TPSA) is 58.1 Å². The van der Waals surface area contributed by atoms with Gasteiger partial charge in [0.25, 0.3) is 0 Å². The molecule has 0 aromatic heterocycles. The summed E-state index contributed by atoms with van der Waals surface area (Å²) in [6.07, 6.45) is 1.82. The van der Waals surface area contributed by atoms with Gasteiger partial charge in [-0.25, -0.2) is 0 Å². The number of guanidine groups is 1. The molecular weight excluding hydrogens is 431 g/mol. The largest absolute Gasteiger partial charge is 0.381 e. The summed E-state index contributed by atoms with van der Waals surface area (Å²) in [6.45, 7) is 14.2. The number of likely N-dealkylation sites (tertiary alicyclic amines) is 1. The van der Waals surface area contributed by atoms with Gasteiger partial charge in [-0.15, -0.1) is 24.0 Å². The van der Waals surface area contributed by atoms with Gasteiger partial charge < -0.3 is 20.1 Å². The summed E-state index contributed by atoms with van der Waals surface area (Å²) in [6, 6.07) is 1.04. The normalized spacial score (nSPS) is 27.2. The molecule has 2 N–H and O–H groups in total. The van der Waals surface area contributed by atoms with Crippen LogP contribution in [0.2, 0.25) is 0 Å². The van der Waals surface area contributed by atoms with Crippen LogP contribution < -0.4 is 10.6 Å². The fraction of sp³-hybridized carbons (Fsp3) is 0.944. The van der Waals surface area contributed by atoms with Crippen molar-refractivity contribution in [3.05, 3.63) is 0 Å². The number of hydrogen-bond acceptors (Lipinski definition) is 4. The predicted octanol–water partition coefficient (Wildman–Crippen LogP) is 2.08. The zero-order valence-corrected chi connectivity index (χ0v) is 18.8. The third-order valence-corrected chi connectivity index (χ3v) is 5.40. The van der Waals surface area contributed by atoms with Crippen molar-refractivity contribution in [2.75, 3.05) is 46.5 Å². The Morgan fingerprint density at radius 2 is 2.00 bits per heavy atom. The SMILES string of the molecule is CCNC(=NCC1(OC)CCOCC1)NC1CN(C(C)C)CC1C.I. The predicted molar refractivity (Wildman–Crippen MR) is 114 cm³/mol. The molecule has 0 saturated carbocycles. The Labute approximate surface area is 170 Å². The molecule has 25 heavy (non-hydrogen) atoms. The first kappa shape index (κ1) is 22.9. The lowest BCUT2D eigenvalue weighted by Crippen LogP contribution is -2.48. The van der Waals surface area contributed by atoms with E-state index in [2.05, 4.69) is 43.2 Å². The van der Waals surface area contributed by atoms with Gasteiger partial charge in [-0.2, -0.15) is 0 Å². The molecule has 0 bridgehead atoms. The highest BCUT2D eigenvalue weighted by Gasteiger charge is 2.34. The van der Waals surface area contributed by atoms with E-state index < -0.39 is 0 Å². The third-order valence-electron chi connectivity index (χ3n) is 5.40. The van der Waals surface area contributed by atoms with E-state index in [1.54, 1.807) is 7.11 Å². The average Bonchev–Trinajstić information content (AvgIpc) is 2.95. The number of halogens is 1. The number of nitrogens with one attached hydrogen (secondary N) is 2. The summed E-state index contributed by atoms with van der Waals surface area (Å²) < 4.78 is 11.3. The van der Waals surface area contributed by atoms with E-state index in [9.17, 15) is 0 Å². The molecule has 2 aliphatic rings. The third kappa shape index (κ3) is 6.52. The molecule has 7 heteroatoms. The summed E-state index contributed by atoms with van der Waals surface area (Å²) >= 11 is 0. The van der Waals surface area contributed by atoms with Crippen LogP contribution in [-0.2, 0) is 9.47 Å². The van der Waals surface area contributed by atoms with Crippen LogP contribution in [0.4, 0.5) is 0 Å². The van der Waals surface area contributed by atoms with E-state index in [4.69, 9.17) is 14.5 Å². The minimum absolute atomic E-state index is 0. The van der Waals surface area contributed by atoms with E-state index in [0.29, 0.717) is 24.5 Å². The first-order chi connectivity index (χ1) is 11.5. The van der Waals surface area contributed by atoms with E-state index in [1.807, 2.05) is 0 Å². The Balaban J connectivity index is 0.00000312. The molecule has 2 fully saturated rings. The number of methoxy groups -OCH3 is 1. The standard InChI is InChI=1S/C18H36N4O2.HI/c1-6-19-17(20-13-18(23-5)7-9-24-10-8-18)21-16-12-22(14(2)3)11-15(16)4;/h14-16H,6-13H2,1-5H3,(H2,19,20,21);1H. The second-order valence-electron chi connectivity index (χ2n) is 7.47. The van der Waals surface area contributed by atoms with Crippen LogP contribution in [0.25, 0.3) is 0 Å². The van der Waals surface area contributed by atoms with Crippen LogP contribution >= 0.6 is 24.0 Å². The Bertz CT molecular complexity index is 414. The van der Waals surface area contributed by atoms with Crippen LogP contribution in [0.3, 0.4) is 0 Å². The number of ether oxygens (including phenoxy) is 2. The summed E-state index contributed by atoms with van der Waals surface area (Å²) in [5.41, 5.74) is -0.175. The van der Waals surface area contributed by atoms with Crippen molar-refractivity contribution in [2.45, 2.75) is 58.2 Å². The van der Waals surface area contributed by atoms with Crippen molar-refractivity contribution >= 4 is 29.9 Å². The van der Waals surface area contributed by atoms with Crippen molar-refractivity contribution in [1.82, 2.24) is 15.5 Å². The molecule has 0 aromatic carbocycles. The van der Waals surface area contributed by atoms with Gasteiger partial charge in [-0.3, -0.25) is 9.89 Å². The van der Waals surface area contributed by atoms with Crippen LogP contribution in [0.5, 0.6) is 0 Å². The minimum Gasteiger partial charge on any atom is -0.381 e. The van der Waals surface area contributed by atoms with Crippen molar-refractivity contribution in [3.63, 3.8) is 0 Å². The molecule has 2 heterocycles. The summed E-state index contributed by atoms with van der Waals surface area (Å²) in [5, 5.41) is 7.03. The highest BCUT2D eigenvalue weighted by Crippen LogP contribution is 2.25. The second kappa shape index (κ2) is 10.9. The minimum atomic E-state index is -0.175. The molecule has 6 nitrogen and oxygen atoms in total. The quantitative estimate of drug-likeness (QED) is 0.355. The summed E-state index contributed by atoms with van der Waals surface area (Å²) in [7, 11) is 1.79. The monoisotopic (exact) mass is 468 g/mol. The van der Waals surface area contributed by atoms with Crippen molar-refractivity contribution in [1.29, 1.82) is 0 Å². The lowest BCUT2D eigenvalue weighted by molar-refractivity contribution is -0.0828. The highest BCUT2D eigenvalue weighted by atomic mass is 127. The molecular formula is C18H37IN4O2. The van der Waals surface area contributed by atoms with Crippen molar-refractivity contribution < 1.29 is 9.47 Å². The van der Waals surface area contributed by atoms with Crippen LogP contribution in [0.1, 0.15) is 40.5 Å². The molecule has 2 aliphatic heterocycles. The summed E-state index contributed by atoms with van der Waals surface area (Å²) in [4.78, 5) is 7.37. The smallest absolute Gasteiger partial charge is 0.191 e. The zero-order chi connectivity index (χ0) is 17.6. The van der Waals surface area contributed by atoms with E-state index in [-0.39, 0.29) is 29.6 Å². The van der Waals surface area contributed by atoms with Crippen molar-refractivity contribution in [3.8, 4) is 0 Å². The van der Waals surface area contributed by atoms with E-state index in [1.165, 1.54) is 0 Å². The Hall–Kier alpha value is -0.120. The van der Waals surface area contributed by atoms with Crippen molar-refractivity contribution in [2.24, 2.45) is 10.9 Å². The van der Waals surface area contributed by atoms with Gasteiger partial charge in [0.15, 0.2) is 5.96 Å². The maximum atomic E-state index is 5.80. The Morgan fingerprint density at radius 3 is 2.52 bits per heavy atom. The highest BCUT2D eigenvalue weighted by molar-refractivity contribution is 14.0. The Morgan fingerprint density at radius 1 is 1.32 bits per heavy atom. The number of rotatable bonds is 6. The molecule has 0 spiro atoms. The van der Waals surface area contributed by atoms with Gasteiger partial charge in [0.05, 0.1) is 12.1 Å². The van der Waals surface area contributed by atoms with Gasteiger partial charge in [-0.1, -0.05) is 6.92 Å².